The molecule has 0 unspecified atom stereocenters. The summed E-state index contributed by atoms with van der Waals surface area (Å²) >= 11 is 1.44. The topological polar surface area (TPSA) is 223 Å². The maximum absolute atomic E-state index is 13.6. The molecule has 268 valence electrons. The van der Waals surface area contributed by atoms with E-state index >= 15 is 0 Å². The maximum atomic E-state index is 13.6. The molecule has 2 heterocycles. The summed E-state index contributed by atoms with van der Waals surface area (Å²) < 4.78 is 0. The number of carbonyl (C=O) groups excluding carboxylic acids is 5. The van der Waals surface area contributed by atoms with Gasteiger partial charge in [0.15, 0.2) is 6.10 Å². The molecule has 5 amide bonds. The molecule has 0 aliphatic carbocycles. The van der Waals surface area contributed by atoms with Crippen LogP contribution in [0, 0.1) is 5.92 Å². The number of aliphatic carboxylic acids is 1. The van der Waals surface area contributed by atoms with Crippen molar-refractivity contribution in [1.29, 1.82) is 0 Å². The highest BCUT2D eigenvalue weighted by atomic mass is 32.2. The minimum atomic E-state index is -1.62. The number of aliphatic hydroxyl groups excluding tert-OH is 1. The fraction of sp³-hybridized carbons (Fsp3) is 0.545. The van der Waals surface area contributed by atoms with Crippen LogP contribution in [0.15, 0.2) is 42.9 Å². The smallest absolute Gasteiger partial charge is 0.326 e. The van der Waals surface area contributed by atoms with Gasteiger partial charge in [0.2, 0.25) is 23.6 Å². The number of H-pyrrole nitrogens is 1. The number of benzene rings is 1. The molecule has 15 nitrogen and oxygen atoms in total. The van der Waals surface area contributed by atoms with Gasteiger partial charge in [-0.2, -0.15) is 11.8 Å². The SMILES string of the molecule is CSCC[C@H](NC(=O)[C@@H](NC(=O)[C@@H]1CCCN1C(=O)[C@@H](O)[C@H](Cc1ccccc1)NC(C)=O)C(C)C)C(=O)N[C@@H](Cc1cnc[nH]1)C(=O)O. The van der Waals surface area contributed by atoms with Gasteiger partial charge in [-0.1, -0.05) is 44.2 Å². The lowest BCUT2D eigenvalue weighted by Crippen LogP contribution is -2.60. The Kier molecular flexibility index (Phi) is 15.1. The van der Waals surface area contributed by atoms with Gasteiger partial charge in [-0.15, -0.1) is 0 Å². The predicted octanol–water partition coefficient (Wildman–Crippen LogP) is -0.000400. The van der Waals surface area contributed by atoms with Crippen molar-refractivity contribution in [3.63, 3.8) is 0 Å². The minimum absolute atomic E-state index is 0.0436. The summed E-state index contributed by atoms with van der Waals surface area (Å²) in [5.41, 5.74) is 1.31. The summed E-state index contributed by atoms with van der Waals surface area (Å²) in [6.07, 6.45) is 4.19. The van der Waals surface area contributed by atoms with E-state index in [2.05, 4.69) is 31.2 Å². The number of likely N-dealkylation sites (tertiary alicyclic amines) is 1. The van der Waals surface area contributed by atoms with E-state index in [-0.39, 0.29) is 25.8 Å². The van der Waals surface area contributed by atoms with Crippen molar-refractivity contribution in [2.24, 2.45) is 5.92 Å². The van der Waals surface area contributed by atoms with Crippen molar-refractivity contribution in [1.82, 2.24) is 36.1 Å². The van der Waals surface area contributed by atoms with Crippen LogP contribution in [-0.2, 0) is 41.6 Å². The molecule has 16 heteroatoms. The molecule has 0 spiro atoms. The number of carboxylic acid groups (broad SMARTS) is 1. The van der Waals surface area contributed by atoms with Crippen molar-refractivity contribution >= 4 is 47.3 Å². The van der Waals surface area contributed by atoms with Crippen LogP contribution in [0.4, 0.5) is 0 Å². The summed E-state index contributed by atoms with van der Waals surface area (Å²) in [6, 6.07) is 3.72. The number of hydrogen-bond donors (Lipinski definition) is 7. The number of hydrogen-bond acceptors (Lipinski definition) is 9. The Bertz CT molecular complexity index is 1430. The van der Waals surface area contributed by atoms with Gasteiger partial charge in [0.05, 0.1) is 12.4 Å². The minimum Gasteiger partial charge on any atom is -0.480 e. The van der Waals surface area contributed by atoms with Crippen LogP contribution in [0.2, 0.25) is 0 Å². The molecule has 2 aromatic rings. The first-order chi connectivity index (χ1) is 23.3. The fourth-order valence-corrected chi connectivity index (χ4v) is 6.13. The van der Waals surface area contributed by atoms with Gasteiger partial charge in [-0.3, -0.25) is 24.0 Å². The number of amides is 5. The summed E-state index contributed by atoms with van der Waals surface area (Å²) in [5, 5.41) is 31.4. The standard InChI is InChI=1S/C33H47N7O8S/c1-19(2)27(31(45)37-23(12-14-49-4)29(43)38-25(33(47)48)16-22-17-34-18-35-22)39-30(44)26-11-8-13-40(26)32(46)28(42)24(36-20(3)41)15-21-9-6-5-7-10-21/h5-7,9-10,17-19,23-28,42H,8,11-16H2,1-4H3,(H,34,35)(H,36,41)(H,37,45)(H,38,43)(H,39,44)(H,47,48)/t23-,24-,25-,26-,27-,28-/m0/s1. The van der Waals surface area contributed by atoms with E-state index in [1.165, 1.54) is 36.1 Å². The molecule has 1 saturated heterocycles. The lowest BCUT2D eigenvalue weighted by atomic mass is 9.99. The molecule has 1 fully saturated rings. The average Bonchev–Trinajstić information content (AvgIpc) is 3.77. The first-order valence-corrected chi connectivity index (χ1v) is 17.6. The van der Waals surface area contributed by atoms with Crippen LogP contribution >= 0.6 is 11.8 Å². The van der Waals surface area contributed by atoms with E-state index in [4.69, 9.17) is 0 Å². The Morgan fingerprint density at radius 3 is 2.29 bits per heavy atom. The first-order valence-electron chi connectivity index (χ1n) is 16.2. The van der Waals surface area contributed by atoms with Crippen LogP contribution < -0.4 is 21.3 Å². The monoisotopic (exact) mass is 701 g/mol. The quantitative estimate of drug-likeness (QED) is 0.110. The zero-order valence-corrected chi connectivity index (χ0v) is 29.0. The molecule has 3 rings (SSSR count). The average molecular weight is 702 g/mol. The second-order valence-corrected chi connectivity index (χ2v) is 13.4. The van der Waals surface area contributed by atoms with E-state index in [0.29, 0.717) is 24.3 Å². The van der Waals surface area contributed by atoms with E-state index < -0.39 is 77.7 Å². The molecule has 1 aromatic carbocycles. The van der Waals surface area contributed by atoms with Gasteiger partial charge < -0.3 is 41.4 Å². The highest BCUT2D eigenvalue weighted by Gasteiger charge is 2.41. The van der Waals surface area contributed by atoms with E-state index in [1.54, 1.807) is 13.8 Å². The van der Waals surface area contributed by atoms with Gasteiger partial charge in [0.1, 0.15) is 24.2 Å². The molecule has 1 aliphatic heterocycles. The second kappa shape index (κ2) is 18.9. The molecule has 0 bridgehead atoms. The Balaban J connectivity index is 1.70. The number of imidazole rings is 1. The molecule has 1 aromatic heterocycles. The van der Waals surface area contributed by atoms with Crippen molar-refractivity contribution in [3.8, 4) is 0 Å². The van der Waals surface area contributed by atoms with Gasteiger partial charge in [0, 0.05) is 31.8 Å². The Morgan fingerprint density at radius 1 is 1.00 bits per heavy atom. The Hall–Kier alpha value is -4.44. The summed E-state index contributed by atoms with van der Waals surface area (Å²) in [7, 11) is 0. The van der Waals surface area contributed by atoms with Gasteiger partial charge >= 0.3 is 5.97 Å². The zero-order chi connectivity index (χ0) is 36.1. The number of nitrogens with zero attached hydrogens (tertiary/aromatic N) is 2. The fourth-order valence-electron chi connectivity index (χ4n) is 5.65. The maximum Gasteiger partial charge on any atom is 0.326 e. The summed E-state index contributed by atoms with van der Waals surface area (Å²) in [4.78, 5) is 85.8. The second-order valence-electron chi connectivity index (χ2n) is 12.4. The highest BCUT2D eigenvalue weighted by Crippen LogP contribution is 2.21. The predicted molar refractivity (Wildman–Crippen MR) is 182 cm³/mol. The largest absolute Gasteiger partial charge is 0.480 e. The Labute approximate surface area is 289 Å². The van der Waals surface area contributed by atoms with Gasteiger partial charge in [0.25, 0.3) is 5.91 Å². The van der Waals surface area contributed by atoms with Crippen molar-refractivity contribution in [3.05, 3.63) is 54.1 Å². The van der Waals surface area contributed by atoms with E-state index in [9.17, 15) is 39.0 Å². The van der Waals surface area contributed by atoms with Crippen LogP contribution in [0.1, 0.15) is 51.3 Å². The Morgan fingerprint density at radius 2 is 1.69 bits per heavy atom. The number of rotatable bonds is 18. The molecular formula is C33H47N7O8S. The van der Waals surface area contributed by atoms with Crippen molar-refractivity contribution in [2.75, 3.05) is 18.6 Å². The highest BCUT2D eigenvalue weighted by molar-refractivity contribution is 7.98. The first kappa shape index (κ1) is 39.0. The number of nitrogens with one attached hydrogen (secondary N) is 5. The number of thioether (sulfide) groups is 1. The van der Waals surface area contributed by atoms with Crippen molar-refractivity contribution in [2.45, 2.75) is 89.2 Å². The van der Waals surface area contributed by atoms with Crippen LogP contribution in [0.3, 0.4) is 0 Å². The molecule has 1 aliphatic rings. The normalized spacial score (nSPS) is 17.3. The molecule has 0 radical (unpaired) electrons. The summed E-state index contributed by atoms with van der Waals surface area (Å²) in [5.74, 6) is -4.25. The third-order valence-electron chi connectivity index (χ3n) is 8.24. The number of aromatic nitrogens is 2. The summed E-state index contributed by atoms with van der Waals surface area (Å²) in [6.45, 7) is 4.93. The molecule has 6 atom stereocenters. The third kappa shape index (κ3) is 11.6. The van der Waals surface area contributed by atoms with Crippen LogP contribution in [0.25, 0.3) is 0 Å². The lowest BCUT2D eigenvalue weighted by Gasteiger charge is -2.31. The van der Waals surface area contributed by atoms with E-state index in [0.717, 1.165) is 5.56 Å². The van der Waals surface area contributed by atoms with E-state index in [1.807, 2.05) is 36.6 Å². The number of aliphatic hydroxyl groups is 1. The molecule has 49 heavy (non-hydrogen) atoms. The molecule has 7 N–H and O–H groups in total. The van der Waals surface area contributed by atoms with Crippen molar-refractivity contribution < 1.29 is 39.0 Å². The van der Waals surface area contributed by atoms with Crippen LogP contribution in [0.5, 0.6) is 0 Å². The lowest BCUT2D eigenvalue weighted by molar-refractivity contribution is -0.147. The molecule has 0 saturated carbocycles. The zero-order valence-electron chi connectivity index (χ0n) is 28.2. The molecular weight excluding hydrogens is 654 g/mol. The number of carboxylic acids is 1. The number of carbonyl (C=O) groups is 6. The van der Waals surface area contributed by atoms with Crippen LogP contribution in [-0.4, -0.2) is 115 Å². The van der Waals surface area contributed by atoms with Gasteiger partial charge in [-0.25, -0.2) is 9.78 Å². The number of aromatic amines is 1. The van der Waals surface area contributed by atoms with Gasteiger partial charge in [-0.05, 0) is 49.2 Å². The third-order valence-corrected chi connectivity index (χ3v) is 8.89.